The van der Waals surface area contributed by atoms with E-state index < -0.39 is 0 Å². The molecule has 1 aromatic carbocycles. The molecule has 0 aliphatic rings. The van der Waals surface area contributed by atoms with E-state index in [1.165, 1.54) is 5.56 Å². The molecule has 1 nitrogen and oxygen atoms in total. The second kappa shape index (κ2) is 5.58. The normalized spacial score (nSPS) is 10.4. The molecule has 0 N–H and O–H groups in total. The van der Waals surface area contributed by atoms with E-state index in [-0.39, 0.29) is 0 Å². The Hall–Kier alpha value is -0.700. The Morgan fingerprint density at radius 3 is 2.25 bits per heavy atom. The van der Waals surface area contributed by atoms with E-state index >= 15 is 0 Å². The van der Waals surface area contributed by atoms with Crippen molar-refractivity contribution >= 4 is 35.0 Å². The summed E-state index contributed by atoms with van der Waals surface area (Å²) in [6.07, 6.45) is 1.66. The van der Waals surface area contributed by atoms with Gasteiger partial charge >= 0.3 is 0 Å². The molecule has 0 radical (unpaired) electrons. The van der Waals surface area contributed by atoms with Crippen LogP contribution in [0.5, 0.6) is 0 Å². The number of benzene rings is 1. The number of rotatable bonds is 3. The molecule has 16 heavy (non-hydrogen) atoms. The summed E-state index contributed by atoms with van der Waals surface area (Å²) in [6, 6.07) is 11.6. The maximum Gasteiger partial charge on any atom is 0.0964 e. The number of thioether (sulfide) groups is 1. The van der Waals surface area contributed by atoms with Gasteiger partial charge in [0.05, 0.1) is 10.0 Å². The Morgan fingerprint density at radius 2 is 1.62 bits per heavy atom. The number of nitrogens with zero attached hydrogens (tertiary/aromatic N) is 1. The molecule has 1 heterocycles. The van der Waals surface area contributed by atoms with Gasteiger partial charge in [0, 0.05) is 17.0 Å². The predicted octanol–water partition coefficient (Wildman–Crippen LogP) is 4.68. The van der Waals surface area contributed by atoms with E-state index in [0.717, 1.165) is 15.8 Å². The van der Waals surface area contributed by atoms with Crippen molar-refractivity contribution in [1.82, 2.24) is 4.98 Å². The van der Waals surface area contributed by atoms with Gasteiger partial charge in [0.1, 0.15) is 0 Å². The van der Waals surface area contributed by atoms with Crippen molar-refractivity contribution in [1.29, 1.82) is 0 Å². The lowest BCUT2D eigenvalue weighted by molar-refractivity contribution is 1.13. The van der Waals surface area contributed by atoms with Crippen LogP contribution in [0, 0.1) is 0 Å². The Kier molecular flexibility index (Phi) is 4.10. The highest BCUT2D eigenvalue weighted by atomic mass is 35.5. The third kappa shape index (κ3) is 3.41. The van der Waals surface area contributed by atoms with Gasteiger partial charge in [-0.15, -0.1) is 11.8 Å². The van der Waals surface area contributed by atoms with Crippen LogP contribution in [0.15, 0.2) is 47.6 Å². The zero-order chi connectivity index (χ0) is 11.4. The van der Waals surface area contributed by atoms with Crippen LogP contribution < -0.4 is 0 Å². The Bertz CT molecular complexity index is 408. The van der Waals surface area contributed by atoms with Crippen LogP contribution in [-0.2, 0) is 5.75 Å². The van der Waals surface area contributed by atoms with Gasteiger partial charge in [-0.3, -0.25) is 0 Å². The van der Waals surface area contributed by atoms with Crippen molar-refractivity contribution < 1.29 is 0 Å². The Labute approximate surface area is 109 Å². The zero-order valence-corrected chi connectivity index (χ0v) is 10.7. The van der Waals surface area contributed by atoms with Crippen LogP contribution in [0.4, 0.5) is 0 Å². The predicted molar refractivity (Wildman–Crippen MR) is 70.3 cm³/mol. The van der Waals surface area contributed by atoms with Crippen LogP contribution in [-0.4, -0.2) is 4.98 Å². The zero-order valence-electron chi connectivity index (χ0n) is 8.36. The van der Waals surface area contributed by atoms with Gasteiger partial charge in [-0.1, -0.05) is 35.3 Å². The number of pyridine rings is 1. The van der Waals surface area contributed by atoms with Crippen molar-refractivity contribution in [2.45, 2.75) is 10.8 Å². The Morgan fingerprint density at radius 1 is 0.938 bits per heavy atom. The molecule has 0 saturated heterocycles. The second-order valence-corrected chi connectivity index (χ2v) is 5.10. The number of hydrogen-bond acceptors (Lipinski definition) is 2. The smallest absolute Gasteiger partial charge is 0.0964 e. The number of halogens is 2. The van der Waals surface area contributed by atoms with Crippen molar-refractivity contribution in [2.24, 2.45) is 0 Å². The number of aromatic nitrogens is 1. The molecule has 1 aromatic heterocycles. The summed E-state index contributed by atoms with van der Waals surface area (Å²) in [5.41, 5.74) is 1.23. The molecule has 0 fully saturated rings. The molecule has 0 spiro atoms. The fourth-order valence-electron chi connectivity index (χ4n) is 1.19. The minimum absolute atomic E-state index is 0.663. The largest absolute Gasteiger partial charge is 0.248 e. The molecule has 0 aliphatic carbocycles. The van der Waals surface area contributed by atoms with Gasteiger partial charge in [-0.2, -0.15) is 0 Å². The van der Waals surface area contributed by atoms with Gasteiger partial charge in [0.2, 0.25) is 0 Å². The molecule has 2 rings (SSSR count). The first-order valence-corrected chi connectivity index (χ1v) is 6.47. The van der Waals surface area contributed by atoms with Crippen LogP contribution in [0.3, 0.4) is 0 Å². The molecular formula is C12H9Cl2NS. The molecule has 0 atom stereocenters. The van der Waals surface area contributed by atoms with Gasteiger partial charge in [0.15, 0.2) is 0 Å². The first-order valence-electron chi connectivity index (χ1n) is 4.73. The van der Waals surface area contributed by atoms with Crippen molar-refractivity contribution in [3.63, 3.8) is 0 Å². The van der Waals surface area contributed by atoms with E-state index in [0.29, 0.717) is 5.02 Å². The van der Waals surface area contributed by atoms with E-state index in [1.54, 1.807) is 18.0 Å². The fraction of sp³-hybridized carbons (Fsp3) is 0.0833. The molecular weight excluding hydrogens is 261 g/mol. The van der Waals surface area contributed by atoms with Crippen LogP contribution >= 0.6 is 35.0 Å². The minimum Gasteiger partial charge on any atom is -0.248 e. The topological polar surface area (TPSA) is 12.9 Å². The Balaban J connectivity index is 1.97. The highest BCUT2D eigenvalue weighted by molar-refractivity contribution is 7.98. The summed E-state index contributed by atoms with van der Waals surface area (Å²) < 4.78 is 0. The average molecular weight is 270 g/mol. The molecule has 0 unspecified atom stereocenters. The third-order valence-corrected chi connectivity index (χ3v) is 3.49. The summed E-state index contributed by atoms with van der Waals surface area (Å²) >= 11 is 13.2. The molecule has 4 heteroatoms. The van der Waals surface area contributed by atoms with Gasteiger partial charge < -0.3 is 0 Å². The first kappa shape index (κ1) is 11.8. The highest BCUT2D eigenvalue weighted by Gasteiger charge is 1.98. The van der Waals surface area contributed by atoms with Crippen molar-refractivity contribution in [3.05, 3.63) is 58.2 Å². The van der Waals surface area contributed by atoms with E-state index in [1.807, 2.05) is 36.4 Å². The molecule has 82 valence electrons. The summed E-state index contributed by atoms with van der Waals surface area (Å²) in [6.45, 7) is 0. The highest BCUT2D eigenvalue weighted by Crippen LogP contribution is 2.22. The molecule has 0 saturated carbocycles. The summed E-state index contributed by atoms with van der Waals surface area (Å²) in [4.78, 5) is 4.22. The molecule has 2 aromatic rings. The van der Waals surface area contributed by atoms with Gasteiger partial charge in [0.25, 0.3) is 0 Å². The van der Waals surface area contributed by atoms with Crippen molar-refractivity contribution in [2.75, 3.05) is 0 Å². The van der Waals surface area contributed by atoms with Crippen LogP contribution in [0.2, 0.25) is 10.0 Å². The molecule has 0 amide bonds. The van der Waals surface area contributed by atoms with E-state index in [2.05, 4.69) is 4.98 Å². The van der Waals surface area contributed by atoms with Crippen LogP contribution in [0.1, 0.15) is 5.56 Å². The van der Waals surface area contributed by atoms with Crippen LogP contribution in [0.25, 0.3) is 0 Å². The lowest BCUT2D eigenvalue weighted by atomic mass is 10.2. The SMILES string of the molecule is Clc1ccc(CSc2ccc(Cl)cn2)cc1. The van der Waals surface area contributed by atoms with Crippen molar-refractivity contribution in [3.8, 4) is 0 Å². The quantitative estimate of drug-likeness (QED) is 0.751. The number of hydrogen-bond donors (Lipinski definition) is 0. The molecule has 0 aliphatic heterocycles. The molecule has 0 bridgehead atoms. The summed E-state index contributed by atoms with van der Waals surface area (Å²) in [5.74, 6) is 0.881. The minimum atomic E-state index is 0.663. The summed E-state index contributed by atoms with van der Waals surface area (Å²) in [7, 11) is 0. The standard InChI is InChI=1S/C12H9Cl2NS/c13-10-3-1-9(2-4-10)8-16-12-6-5-11(14)7-15-12/h1-7H,8H2. The van der Waals surface area contributed by atoms with E-state index in [9.17, 15) is 0 Å². The maximum atomic E-state index is 5.81. The monoisotopic (exact) mass is 269 g/mol. The first-order chi connectivity index (χ1) is 7.74. The third-order valence-electron chi connectivity index (χ3n) is 2.00. The maximum absolute atomic E-state index is 5.81. The lowest BCUT2D eigenvalue weighted by Gasteiger charge is -2.01. The second-order valence-electron chi connectivity index (χ2n) is 3.23. The van der Waals surface area contributed by atoms with E-state index in [4.69, 9.17) is 23.2 Å². The fourth-order valence-corrected chi connectivity index (χ4v) is 2.22. The lowest BCUT2D eigenvalue weighted by Crippen LogP contribution is -1.82. The summed E-state index contributed by atoms with van der Waals surface area (Å²) in [5, 5.41) is 2.40. The van der Waals surface area contributed by atoms with Gasteiger partial charge in [-0.05, 0) is 29.8 Å². The van der Waals surface area contributed by atoms with Gasteiger partial charge in [-0.25, -0.2) is 4.98 Å². The average Bonchev–Trinajstić information content (AvgIpc) is 2.30.